The molecule has 0 bridgehead atoms. The van der Waals surface area contributed by atoms with Crippen LogP contribution in [0.4, 0.5) is 8.78 Å². The molecule has 2 nitrogen and oxygen atoms in total. The van der Waals surface area contributed by atoms with Crippen molar-refractivity contribution in [2.45, 2.75) is 26.2 Å². The van der Waals surface area contributed by atoms with E-state index in [0.29, 0.717) is 11.1 Å². The molecule has 0 amide bonds. The third-order valence-corrected chi connectivity index (χ3v) is 5.69. The number of benzene rings is 3. The van der Waals surface area contributed by atoms with Gasteiger partial charge in [0.05, 0.1) is 6.42 Å². The topological polar surface area (TPSA) is 37.3 Å². The monoisotopic (exact) mass is 416 g/mol. The van der Waals surface area contributed by atoms with Crippen LogP contribution in [0, 0.1) is 11.6 Å². The number of carbonyl (C=O) groups is 1. The number of aryl methyl sites for hydroxylation is 2. The van der Waals surface area contributed by atoms with Crippen LogP contribution in [-0.4, -0.2) is 11.1 Å². The molecular formula is C27H22F2O2. The fourth-order valence-corrected chi connectivity index (χ4v) is 4.02. The summed E-state index contributed by atoms with van der Waals surface area (Å²) < 4.78 is 26.8. The van der Waals surface area contributed by atoms with Crippen molar-refractivity contribution in [3.8, 4) is 0 Å². The maximum atomic E-state index is 13.8. The molecule has 1 aliphatic carbocycles. The highest BCUT2D eigenvalue weighted by Gasteiger charge is 2.25. The molecule has 31 heavy (non-hydrogen) atoms. The highest BCUT2D eigenvalue weighted by Crippen LogP contribution is 2.43. The van der Waals surface area contributed by atoms with E-state index in [1.165, 1.54) is 29.8 Å². The normalized spacial score (nSPS) is 14.2. The smallest absolute Gasteiger partial charge is 0.307 e. The Morgan fingerprint density at radius 2 is 1.42 bits per heavy atom. The van der Waals surface area contributed by atoms with Gasteiger partial charge in [-0.15, -0.1) is 0 Å². The molecular weight excluding hydrogens is 394 g/mol. The maximum absolute atomic E-state index is 13.8. The highest BCUT2D eigenvalue weighted by molar-refractivity contribution is 6.07. The lowest BCUT2D eigenvalue weighted by Gasteiger charge is -2.06. The first-order valence-electron chi connectivity index (χ1n) is 10.2. The quantitative estimate of drug-likeness (QED) is 0.495. The summed E-state index contributed by atoms with van der Waals surface area (Å²) in [5, 5.41) is 9.27. The second-order valence-electron chi connectivity index (χ2n) is 7.79. The van der Waals surface area contributed by atoms with Gasteiger partial charge in [0.25, 0.3) is 0 Å². The van der Waals surface area contributed by atoms with Gasteiger partial charge in [-0.1, -0.05) is 42.5 Å². The molecule has 0 unspecified atom stereocenters. The van der Waals surface area contributed by atoms with E-state index >= 15 is 0 Å². The first-order valence-corrected chi connectivity index (χ1v) is 10.2. The summed E-state index contributed by atoms with van der Waals surface area (Å²) in [6.07, 6.45) is 3.57. The minimum absolute atomic E-state index is 0.137. The Morgan fingerprint density at radius 3 is 2.03 bits per heavy atom. The summed E-state index contributed by atoms with van der Waals surface area (Å²) in [7, 11) is 0. The molecule has 0 saturated carbocycles. The molecule has 3 aromatic carbocycles. The summed E-state index contributed by atoms with van der Waals surface area (Å²) in [5.74, 6) is -1.54. The van der Waals surface area contributed by atoms with E-state index in [1.54, 1.807) is 18.2 Å². The number of hydrogen-bond donors (Lipinski definition) is 1. The predicted octanol–water partition coefficient (Wildman–Crippen LogP) is 6.55. The molecule has 1 N–H and O–H groups in total. The molecule has 0 saturated heterocycles. The lowest BCUT2D eigenvalue weighted by Crippen LogP contribution is -1.97. The van der Waals surface area contributed by atoms with E-state index < -0.39 is 5.97 Å². The molecule has 156 valence electrons. The summed E-state index contributed by atoms with van der Waals surface area (Å²) in [5.41, 5.74) is 7.22. The Kier molecular flexibility index (Phi) is 5.81. The minimum atomic E-state index is -0.934. The van der Waals surface area contributed by atoms with Gasteiger partial charge in [-0.2, -0.15) is 0 Å². The molecule has 4 heteroatoms. The number of hydrogen-bond acceptors (Lipinski definition) is 1. The fourth-order valence-electron chi connectivity index (χ4n) is 4.02. The average Bonchev–Trinajstić information content (AvgIpc) is 2.99. The Morgan fingerprint density at radius 1 is 0.839 bits per heavy atom. The standard InChI is InChI=1S/C27H22F2O2/c1-17-24(23-13-12-22(29)15-26(23)25(17)16-27(30)31)14-20-6-4-18(5-7-20)2-3-19-8-10-21(28)11-9-19/h4-15H,2-3,16H2,1H3,(H,30,31)/b24-14-. The zero-order valence-electron chi connectivity index (χ0n) is 17.2. The van der Waals surface area contributed by atoms with Crippen molar-refractivity contribution < 1.29 is 18.7 Å². The van der Waals surface area contributed by atoms with E-state index in [0.717, 1.165) is 40.7 Å². The van der Waals surface area contributed by atoms with Crippen molar-refractivity contribution in [2.24, 2.45) is 0 Å². The Bertz CT molecular complexity index is 1190. The van der Waals surface area contributed by atoms with Gasteiger partial charge in [0.2, 0.25) is 0 Å². The molecule has 0 aliphatic heterocycles. The van der Waals surface area contributed by atoms with Crippen molar-refractivity contribution in [2.75, 3.05) is 0 Å². The lowest BCUT2D eigenvalue weighted by molar-refractivity contribution is -0.135. The van der Waals surface area contributed by atoms with Gasteiger partial charge in [-0.05, 0) is 94.6 Å². The van der Waals surface area contributed by atoms with Crippen molar-refractivity contribution in [3.05, 3.63) is 112 Å². The Labute approximate surface area is 180 Å². The van der Waals surface area contributed by atoms with Crippen LogP contribution < -0.4 is 0 Å². The van der Waals surface area contributed by atoms with Crippen LogP contribution in [0.2, 0.25) is 0 Å². The van der Waals surface area contributed by atoms with E-state index in [4.69, 9.17) is 0 Å². The largest absolute Gasteiger partial charge is 0.481 e. The maximum Gasteiger partial charge on any atom is 0.307 e. The number of aliphatic carboxylic acids is 1. The second kappa shape index (κ2) is 8.68. The fraction of sp³-hybridized carbons (Fsp3) is 0.148. The molecule has 0 spiro atoms. The second-order valence-corrected chi connectivity index (χ2v) is 7.79. The number of carboxylic acid groups (broad SMARTS) is 1. The van der Waals surface area contributed by atoms with Gasteiger partial charge in [0, 0.05) is 0 Å². The van der Waals surface area contributed by atoms with Crippen molar-refractivity contribution in [1.82, 2.24) is 0 Å². The van der Waals surface area contributed by atoms with Crippen LogP contribution in [0.5, 0.6) is 0 Å². The van der Waals surface area contributed by atoms with Gasteiger partial charge >= 0.3 is 5.97 Å². The van der Waals surface area contributed by atoms with E-state index in [2.05, 4.69) is 12.1 Å². The van der Waals surface area contributed by atoms with Gasteiger partial charge in [-0.25, -0.2) is 8.78 Å². The van der Waals surface area contributed by atoms with Gasteiger partial charge in [-0.3, -0.25) is 4.79 Å². The number of carboxylic acids is 1. The van der Waals surface area contributed by atoms with Gasteiger partial charge in [0.15, 0.2) is 0 Å². The molecule has 1 aliphatic rings. The lowest BCUT2D eigenvalue weighted by atomic mass is 9.99. The third kappa shape index (κ3) is 4.64. The van der Waals surface area contributed by atoms with Crippen LogP contribution in [0.15, 0.2) is 72.3 Å². The first-order chi connectivity index (χ1) is 14.9. The van der Waals surface area contributed by atoms with E-state index in [-0.39, 0.29) is 18.1 Å². The molecule has 0 atom stereocenters. The summed E-state index contributed by atoms with van der Waals surface area (Å²) in [4.78, 5) is 11.3. The van der Waals surface area contributed by atoms with Crippen molar-refractivity contribution in [3.63, 3.8) is 0 Å². The minimum Gasteiger partial charge on any atom is -0.481 e. The third-order valence-electron chi connectivity index (χ3n) is 5.69. The molecule has 0 heterocycles. The Hall–Kier alpha value is -3.53. The predicted molar refractivity (Wildman–Crippen MR) is 119 cm³/mol. The van der Waals surface area contributed by atoms with E-state index in [1.807, 2.05) is 25.1 Å². The number of halogens is 2. The van der Waals surface area contributed by atoms with Crippen LogP contribution in [0.25, 0.3) is 17.2 Å². The molecule has 0 aromatic heterocycles. The molecule has 0 fully saturated rings. The first kappa shape index (κ1) is 20.7. The van der Waals surface area contributed by atoms with Crippen LogP contribution in [-0.2, 0) is 17.6 Å². The molecule has 3 aromatic rings. The Balaban J connectivity index is 1.57. The van der Waals surface area contributed by atoms with Crippen LogP contribution >= 0.6 is 0 Å². The zero-order chi connectivity index (χ0) is 22.0. The number of rotatable bonds is 6. The number of fused-ring (bicyclic) bond motifs is 1. The number of allylic oxidation sites excluding steroid dienone is 2. The molecule has 0 radical (unpaired) electrons. The summed E-state index contributed by atoms with van der Waals surface area (Å²) >= 11 is 0. The summed E-state index contributed by atoms with van der Waals surface area (Å²) in [6.45, 7) is 1.89. The van der Waals surface area contributed by atoms with Crippen LogP contribution in [0.3, 0.4) is 0 Å². The average molecular weight is 416 g/mol. The van der Waals surface area contributed by atoms with Gasteiger partial charge in [0.1, 0.15) is 11.6 Å². The van der Waals surface area contributed by atoms with Crippen molar-refractivity contribution in [1.29, 1.82) is 0 Å². The molecule has 4 rings (SSSR count). The van der Waals surface area contributed by atoms with Crippen molar-refractivity contribution >= 4 is 23.2 Å². The van der Waals surface area contributed by atoms with Gasteiger partial charge < -0.3 is 5.11 Å². The van der Waals surface area contributed by atoms with Crippen LogP contribution in [0.1, 0.15) is 41.2 Å². The highest BCUT2D eigenvalue weighted by atomic mass is 19.1. The SMILES string of the molecule is CC1=C(CC(=O)O)c2cc(F)ccc2/C1=C\c1ccc(CCc2ccc(F)cc2)cc1. The summed E-state index contributed by atoms with van der Waals surface area (Å²) in [6, 6.07) is 19.3. The zero-order valence-corrected chi connectivity index (χ0v) is 17.2. The van der Waals surface area contributed by atoms with E-state index in [9.17, 15) is 18.7 Å².